The van der Waals surface area contributed by atoms with Gasteiger partial charge in [-0.25, -0.2) is 4.79 Å². The quantitative estimate of drug-likeness (QED) is 0.618. The van der Waals surface area contributed by atoms with Gasteiger partial charge >= 0.3 is 5.97 Å². The molecule has 0 aliphatic carbocycles. The number of cyclic esters (lactones) is 1. The van der Waals surface area contributed by atoms with E-state index in [1.165, 1.54) is 12.2 Å². The molecule has 4 heteroatoms. The molecule has 1 aliphatic rings. The van der Waals surface area contributed by atoms with Gasteiger partial charge in [-0.05, 0) is 19.9 Å². The third-order valence-corrected chi connectivity index (χ3v) is 1.04. The Morgan fingerprint density at radius 3 is 2.25 bits per heavy atom. The minimum absolute atomic E-state index is 0.479. The van der Waals surface area contributed by atoms with Crippen molar-refractivity contribution >= 4 is 5.97 Å². The summed E-state index contributed by atoms with van der Waals surface area (Å²) in [6.07, 6.45) is 1.46. The van der Waals surface area contributed by atoms with Crippen LogP contribution in [0.25, 0.3) is 0 Å². The Morgan fingerprint density at radius 1 is 1.58 bits per heavy atom. The van der Waals surface area contributed by atoms with E-state index in [1.807, 2.05) is 13.8 Å². The zero-order valence-electron chi connectivity index (χ0n) is 7.32. The number of aliphatic hydroxyl groups is 1. The van der Waals surface area contributed by atoms with Gasteiger partial charge in [-0.3, -0.25) is 0 Å². The largest absolute Gasteiger partial charge is 0.429 e. The molecule has 0 spiro atoms. The fourth-order valence-corrected chi connectivity index (χ4v) is 0.563. The number of esters is 1. The first-order valence-corrected chi connectivity index (χ1v) is 3.85. The Bertz CT molecular complexity index is 151. The number of aliphatic hydroxyl groups excluding tert-OH is 1. The lowest BCUT2D eigenvalue weighted by Gasteiger charge is -1.94. The molecule has 0 saturated carbocycles. The molecule has 1 rings (SSSR count). The minimum atomic E-state index is -1.01. The number of rotatable bonds is 2. The van der Waals surface area contributed by atoms with E-state index in [9.17, 15) is 4.79 Å². The summed E-state index contributed by atoms with van der Waals surface area (Å²) < 4.78 is 9.00. The van der Waals surface area contributed by atoms with Gasteiger partial charge < -0.3 is 14.6 Å². The molecule has 0 amide bonds. The van der Waals surface area contributed by atoms with Crippen molar-refractivity contribution in [2.24, 2.45) is 0 Å². The van der Waals surface area contributed by atoms with Crippen molar-refractivity contribution in [1.29, 1.82) is 0 Å². The number of hydrogen-bond donors (Lipinski definition) is 1. The molecule has 12 heavy (non-hydrogen) atoms. The molecular weight excluding hydrogens is 160 g/mol. The maximum atomic E-state index is 9.98. The summed E-state index contributed by atoms with van der Waals surface area (Å²) in [7, 11) is 0. The van der Waals surface area contributed by atoms with Gasteiger partial charge in [-0.1, -0.05) is 0 Å². The molecule has 1 atom stereocenters. The Hall–Kier alpha value is -0.870. The number of carbonyl (C=O) groups excluding carboxylic acids is 1. The predicted molar refractivity (Wildman–Crippen MR) is 43.4 cm³/mol. The van der Waals surface area contributed by atoms with Gasteiger partial charge in [-0.2, -0.15) is 0 Å². The van der Waals surface area contributed by atoms with Crippen molar-refractivity contribution in [3.05, 3.63) is 12.2 Å². The monoisotopic (exact) mass is 174 g/mol. The van der Waals surface area contributed by atoms with Crippen LogP contribution in [0.2, 0.25) is 0 Å². The highest BCUT2D eigenvalue weighted by Gasteiger charge is 2.10. The van der Waals surface area contributed by atoms with Crippen molar-refractivity contribution in [2.75, 3.05) is 13.2 Å². The molecule has 0 aromatic heterocycles. The van der Waals surface area contributed by atoms with E-state index >= 15 is 0 Å². The summed E-state index contributed by atoms with van der Waals surface area (Å²) >= 11 is 0. The standard InChI is InChI=1S/C4H4O3.C4H10O/c5-3-1-2-4(6)7-3;1-3-5-4-2/h1-3,5H;3-4H2,1-2H3. The smallest absolute Gasteiger partial charge is 0.333 e. The van der Waals surface area contributed by atoms with Crippen molar-refractivity contribution in [1.82, 2.24) is 0 Å². The fraction of sp³-hybridized carbons (Fsp3) is 0.625. The second-order valence-electron chi connectivity index (χ2n) is 1.97. The van der Waals surface area contributed by atoms with Crippen molar-refractivity contribution < 1.29 is 19.4 Å². The van der Waals surface area contributed by atoms with Gasteiger partial charge in [0.1, 0.15) is 0 Å². The van der Waals surface area contributed by atoms with Crippen LogP contribution in [-0.2, 0) is 14.3 Å². The Kier molecular flexibility index (Phi) is 6.32. The summed E-state index contributed by atoms with van der Waals surface area (Å²) in [6.45, 7) is 5.67. The maximum absolute atomic E-state index is 9.98. The average molecular weight is 174 g/mol. The van der Waals surface area contributed by atoms with Crippen LogP contribution in [0.3, 0.4) is 0 Å². The predicted octanol–water partition coefficient (Wildman–Crippen LogP) is 0.461. The minimum Gasteiger partial charge on any atom is -0.429 e. The molecule has 0 aromatic carbocycles. The topological polar surface area (TPSA) is 55.8 Å². The van der Waals surface area contributed by atoms with Crippen molar-refractivity contribution in [3.8, 4) is 0 Å². The highest BCUT2D eigenvalue weighted by Crippen LogP contribution is 1.98. The number of ether oxygens (including phenoxy) is 2. The summed E-state index contributed by atoms with van der Waals surface area (Å²) in [5.74, 6) is -0.479. The van der Waals surface area contributed by atoms with Gasteiger partial charge in [0.15, 0.2) is 0 Å². The molecule has 0 bridgehead atoms. The zero-order chi connectivity index (χ0) is 9.40. The molecule has 0 radical (unpaired) electrons. The lowest BCUT2D eigenvalue weighted by molar-refractivity contribution is -0.150. The van der Waals surface area contributed by atoms with Gasteiger partial charge in [0.2, 0.25) is 6.29 Å². The molecular formula is C8H14O4. The first-order chi connectivity index (χ1) is 5.70. The molecule has 70 valence electrons. The highest BCUT2D eigenvalue weighted by atomic mass is 16.6. The van der Waals surface area contributed by atoms with Gasteiger partial charge in [0.25, 0.3) is 0 Å². The Morgan fingerprint density at radius 2 is 2.17 bits per heavy atom. The van der Waals surface area contributed by atoms with Crippen LogP contribution in [0, 0.1) is 0 Å². The van der Waals surface area contributed by atoms with Gasteiger partial charge in [0.05, 0.1) is 0 Å². The van der Waals surface area contributed by atoms with Gasteiger partial charge in [0, 0.05) is 19.3 Å². The molecule has 4 nitrogen and oxygen atoms in total. The summed E-state index contributed by atoms with van der Waals surface area (Å²) in [5.41, 5.74) is 0. The average Bonchev–Trinajstić information content (AvgIpc) is 2.38. The lowest BCUT2D eigenvalue weighted by Crippen LogP contribution is -2.04. The zero-order valence-corrected chi connectivity index (χ0v) is 7.32. The first-order valence-electron chi connectivity index (χ1n) is 3.85. The molecule has 1 heterocycles. The Labute approximate surface area is 71.8 Å². The van der Waals surface area contributed by atoms with Gasteiger partial charge in [-0.15, -0.1) is 0 Å². The first kappa shape index (κ1) is 11.1. The third kappa shape index (κ3) is 5.88. The number of carbonyl (C=O) groups is 1. The lowest BCUT2D eigenvalue weighted by atomic mass is 10.5. The summed E-state index contributed by atoms with van der Waals surface area (Å²) in [6, 6.07) is 0. The van der Waals surface area contributed by atoms with E-state index in [0.29, 0.717) is 0 Å². The highest BCUT2D eigenvalue weighted by molar-refractivity contribution is 5.84. The second kappa shape index (κ2) is 6.82. The van der Waals surface area contributed by atoms with Crippen LogP contribution in [0.5, 0.6) is 0 Å². The SMILES string of the molecule is CCOCC.O=C1C=CC(O)O1. The second-order valence-corrected chi connectivity index (χ2v) is 1.97. The van der Waals surface area contributed by atoms with Crippen LogP contribution < -0.4 is 0 Å². The molecule has 0 saturated heterocycles. The molecule has 0 fully saturated rings. The van der Waals surface area contributed by atoms with E-state index in [1.54, 1.807) is 0 Å². The summed E-state index contributed by atoms with van der Waals surface area (Å²) in [5, 5.41) is 8.37. The molecule has 1 N–H and O–H groups in total. The molecule has 1 aliphatic heterocycles. The van der Waals surface area contributed by atoms with Crippen LogP contribution in [0.1, 0.15) is 13.8 Å². The van der Waals surface area contributed by atoms with E-state index in [2.05, 4.69) is 4.74 Å². The van der Waals surface area contributed by atoms with Crippen molar-refractivity contribution in [3.63, 3.8) is 0 Å². The van der Waals surface area contributed by atoms with E-state index in [0.717, 1.165) is 13.2 Å². The van der Waals surface area contributed by atoms with Crippen molar-refractivity contribution in [2.45, 2.75) is 20.1 Å². The van der Waals surface area contributed by atoms with Crippen LogP contribution in [0.4, 0.5) is 0 Å². The Balaban J connectivity index is 0.000000217. The van der Waals surface area contributed by atoms with E-state index < -0.39 is 12.3 Å². The fourth-order valence-electron chi connectivity index (χ4n) is 0.563. The van der Waals surface area contributed by atoms with Crippen LogP contribution in [-0.4, -0.2) is 30.6 Å². The third-order valence-electron chi connectivity index (χ3n) is 1.04. The molecule has 1 unspecified atom stereocenters. The van der Waals surface area contributed by atoms with E-state index in [-0.39, 0.29) is 0 Å². The number of hydrogen-bond acceptors (Lipinski definition) is 4. The van der Waals surface area contributed by atoms with Crippen LogP contribution >= 0.6 is 0 Å². The molecule has 0 aromatic rings. The maximum Gasteiger partial charge on any atom is 0.333 e. The normalized spacial score (nSPS) is 19.9. The van der Waals surface area contributed by atoms with E-state index in [4.69, 9.17) is 9.84 Å². The van der Waals surface area contributed by atoms with Crippen LogP contribution in [0.15, 0.2) is 12.2 Å². The summed E-state index contributed by atoms with van der Waals surface area (Å²) in [4.78, 5) is 9.98.